The van der Waals surface area contributed by atoms with Crippen LogP contribution in [0, 0.1) is 5.82 Å². The van der Waals surface area contributed by atoms with Crippen molar-refractivity contribution in [1.82, 2.24) is 0 Å². The summed E-state index contributed by atoms with van der Waals surface area (Å²) in [6, 6.07) is 6.39. The van der Waals surface area contributed by atoms with Crippen LogP contribution in [0.15, 0.2) is 24.3 Å². The first kappa shape index (κ1) is 13.1. The van der Waals surface area contributed by atoms with Crippen molar-refractivity contribution in [3.8, 4) is 0 Å². The molecule has 0 aliphatic heterocycles. The van der Waals surface area contributed by atoms with Gasteiger partial charge in [-0.3, -0.25) is 0 Å². The number of halogens is 1. The van der Waals surface area contributed by atoms with E-state index in [1.807, 2.05) is 0 Å². The minimum atomic E-state index is -0.679. The van der Waals surface area contributed by atoms with E-state index >= 15 is 0 Å². The lowest BCUT2D eigenvalue weighted by Gasteiger charge is -2.22. The molecular weight excluding hydrogens is 209 g/mol. The Bertz CT molecular complexity index is 320. The van der Waals surface area contributed by atoms with Crippen LogP contribution < -0.4 is 5.73 Å². The summed E-state index contributed by atoms with van der Waals surface area (Å²) in [4.78, 5) is 0. The number of aliphatic hydroxyl groups excluding tert-OH is 1. The molecule has 3 nitrogen and oxygen atoms in total. The quantitative estimate of drug-likeness (QED) is 0.769. The highest BCUT2D eigenvalue weighted by Crippen LogP contribution is 2.23. The van der Waals surface area contributed by atoms with E-state index in [1.54, 1.807) is 25.3 Å². The van der Waals surface area contributed by atoms with Crippen LogP contribution in [0.1, 0.15) is 17.9 Å². The van der Waals surface area contributed by atoms with Gasteiger partial charge in [0.15, 0.2) is 0 Å². The molecule has 0 radical (unpaired) electrons. The lowest BCUT2D eigenvalue weighted by molar-refractivity contribution is 0.0911. The molecular formula is C12H18FNO2. The molecule has 1 rings (SSSR count). The highest BCUT2D eigenvalue weighted by molar-refractivity contribution is 5.23. The summed E-state index contributed by atoms with van der Waals surface area (Å²) in [6.45, 7) is 0.651. The van der Waals surface area contributed by atoms with Crippen molar-refractivity contribution in [3.63, 3.8) is 0 Å². The second kappa shape index (κ2) is 6.58. The van der Waals surface area contributed by atoms with Gasteiger partial charge in [0, 0.05) is 26.2 Å². The first-order valence-electron chi connectivity index (χ1n) is 5.32. The summed E-state index contributed by atoms with van der Waals surface area (Å²) >= 11 is 0. The number of nitrogens with two attached hydrogens (primary N) is 1. The zero-order valence-electron chi connectivity index (χ0n) is 9.40. The lowest BCUT2D eigenvalue weighted by Crippen LogP contribution is -2.27. The molecule has 0 aliphatic rings. The van der Waals surface area contributed by atoms with Crippen LogP contribution in [0.4, 0.5) is 4.39 Å². The molecule has 0 bridgehead atoms. The van der Waals surface area contributed by atoms with Crippen LogP contribution in [-0.2, 0) is 4.74 Å². The Morgan fingerprint density at radius 2 is 2.12 bits per heavy atom. The Balaban J connectivity index is 2.77. The summed E-state index contributed by atoms with van der Waals surface area (Å²) in [5.41, 5.74) is 6.05. The van der Waals surface area contributed by atoms with Crippen LogP contribution in [0.2, 0.25) is 0 Å². The standard InChI is InChI=1S/C12H18FNO2/c1-16-7-6-12(15)10(8-14)9-4-2-3-5-11(9)13/h2-5,10,12,15H,6-8,14H2,1H3. The van der Waals surface area contributed by atoms with E-state index in [-0.39, 0.29) is 18.3 Å². The fourth-order valence-corrected chi connectivity index (χ4v) is 1.71. The van der Waals surface area contributed by atoms with Crippen molar-refractivity contribution in [2.75, 3.05) is 20.3 Å². The highest BCUT2D eigenvalue weighted by atomic mass is 19.1. The summed E-state index contributed by atoms with van der Waals surface area (Å²) in [5, 5.41) is 9.89. The summed E-state index contributed by atoms with van der Waals surface area (Å²) in [5.74, 6) is -0.703. The number of rotatable bonds is 6. The van der Waals surface area contributed by atoms with Gasteiger partial charge in [-0.1, -0.05) is 18.2 Å². The molecule has 0 heterocycles. The Labute approximate surface area is 95.0 Å². The Morgan fingerprint density at radius 3 is 2.69 bits per heavy atom. The van der Waals surface area contributed by atoms with Gasteiger partial charge in [-0.25, -0.2) is 4.39 Å². The van der Waals surface area contributed by atoms with Crippen LogP contribution >= 0.6 is 0 Å². The highest BCUT2D eigenvalue weighted by Gasteiger charge is 2.21. The molecule has 0 saturated carbocycles. The topological polar surface area (TPSA) is 55.5 Å². The van der Waals surface area contributed by atoms with Crippen molar-refractivity contribution in [2.45, 2.75) is 18.4 Å². The predicted octanol–water partition coefficient (Wildman–Crippen LogP) is 1.27. The SMILES string of the molecule is COCCC(O)C(CN)c1ccccc1F. The smallest absolute Gasteiger partial charge is 0.126 e. The zero-order valence-corrected chi connectivity index (χ0v) is 9.40. The second-order valence-corrected chi connectivity index (χ2v) is 3.71. The van der Waals surface area contributed by atoms with Gasteiger partial charge < -0.3 is 15.6 Å². The lowest BCUT2D eigenvalue weighted by atomic mass is 9.91. The van der Waals surface area contributed by atoms with Crippen LogP contribution in [0.25, 0.3) is 0 Å². The fraction of sp³-hybridized carbons (Fsp3) is 0.500. The molecule has 0 aliphatic carbocycles. The number of aliphatic hydroxyl groups is 1. The Hall–Kier alpha value is -0.970. The van der Waals surface area contributed by atoms with Crippen molar-refractivity contribution in [3.05, 3.63) is 35.6 Å². The second-order valence-electron chi connectivity index (χ2n) is 3.71. The molecule has 2 atom stereocenters. The van der Waals surface area contributed by atoms with Gasteiger partial charge in [-0.05, 0) is 18.1 Å². The maximum Gasteiger partial charge on any atom is 0.126 e. The molecule has 0 spiro atoms. The maximum atomic E-state index is 13.5. The van der Waals surface area contributed by atoms with E-state index in [9.17, 15) is 9.50 Å². The first-order chi connectivity index (χ1) is 7.70. The maximum absolute atomic E-state index is 13.5. The third-order valence-electron chi connectivity index (χ3n) is 2.64. The molecule has 2 unspecified atom stereocenters. The average molecular weight is 227 g/mol. The summed E-state index contributed by atoms with van der Waals surface area (Å²) in [7, 11) is 1.56. The molecule has 90 valence electrons. The number of hydrogen-bond acceptors (Lipinski definition) is 3. The third-order valence-corrected chi connectivity index (χ3v) is 2.64. The molecule has 16 heavy (non-hydrogen) atoms. The number of methoxy groups -OCH3 is 1. The van der Waals surface area contributed by atoms with Crippen molar-refractivity contribution in [1.29, 1.82) is 0 Å². The molecule has 0 fully saturated rings. The van der Waals surface area contributed by atoms with E-state index < -0.39 is 6.10 Å². The summed E-state index contributed by atoms with van der Waals surface area (Å²) in [6.07, 6.45) is -0.228. The van der Waals surface area contributed by atoms with Crippen molar-refractivity contribution >= 4 is 0 Å². The molecule has 0 aromatic heterocycles. The van der Waals surface area contributed by atoms with Gasteiger partial charge in [0.2, 0.25) is 0 Å². The summed E-state index contributed by atoms with van der Waals surface area (Å²) < 4.78 is 18.4. The van der Waals surface area contributed by atoms with Gasteiger partial charge in [0.1, 0.15) is 5.82 Å². The molecule has 1 aromatic rings. The number of benzene rings is 1. The van der Waals surface area contributed by atoms with Gasteiger partial charge in [0.05, 0.1) is 6.10 Å². The minimum absolute atomic E-state index is 0.214. The monoisotopic (exact) mass is 227 g/mol. The Morgan fingerprint density at radius 1 is 1.44 bits per heavy atom. The normalized spacial score (nSPS) is 14.8. The van der Waals surface area contributed by atoms with E-state index in [2.05, 4.69) is 0 Å². The van der Waals surface area contributed by atoms with Gasteiger partial charge in [-0.2, -0.15) is 0 Å². The predicted molar refractivity (Wildman–Crippen MR) is 60.7 cm³/mol. The van der Waals surface area contributed by atoms with Gasteiger partial charge in [-0.15, -0.1) is 0 Å². The van der Waals surface area contributed by atoms with Crippen molar-refractivity contribution < 1.29 is 14.2 Å². The van der Waals surface area contributed by atoms with E-state index in [1.165, 1.54) is 6.07 Å². The van der Waals surface area contributed by atoms with E-state index in [0.717, 1.165) is 0 Å². The first-order valence-corrected chi connectivity index (χ1v) is 5.32. The number of ether oxygens (including phenoxy) is 1. The molecule has 0 saturated heterocycles. The molecule has 3 N–H and O–H groups in total. The Kier molecular flexibility index (Phi) is 5.38. The van der Waals surface area contributed by atoms with Crippen LogP contribution in [0.5, 0.6) is 0 Å². The molecule has 1 aromatic carbocycles. The van der Waals surface area contributed by atoms with Crippen LogP contribution in [-0.4, -0.2) is 31.5 Å². The number of hydrogen-bond donors (Lipinski definition) is 2. The van der Waals surface area contributed by atoms with E-state index in [4.69, 9.17) is 10.5 Å². The third kappa shape index (κ3) is 3.27. The fourth-order valence-electron chi connectivity index (χ4n) is 1.71. The zero-order chi connectivity index (χ0) is 12.0. The minimum Gasteiger partial charge on any atom is -0.392 e. The molecule has 4 heteroatoms. The van der Waals surface area contributed by atoms with Crippen molar-refractivity contribution in [2.24, 2.45) is 5.73 Å². The van der Waals surface area contributed by atoms with Crippen LogP contribution in [0.3, 0.4) is 0 Å². The van der Waals surface area contributed by atoms with Gasteiger partial charge in [0.25, 0.3) is 0 Å². The van der Waals surface area contributed by atoms with E-state index in [0.29, 0.717) is 18.6 Å². The van der Waals surface area contributed by atoms with Gasteiger partial charge >= 0.3 is 0 Å². The molecule has 0 amide bonds. The largest absolute Gasteiger partial charge is 0.392 e. The average Bonchev–Trinajstić information content (AvgIpc) is 2.30.